The summed E-state index contributed by atoms with van der Waals surface area (Å²) in [5, 5.41) is 2.84. The molecule has 1 N–H and O–H groups in total. The average molecular weight is 319 g/mol. The number of rotatable bonds is 3. The van der Waals surface area contributed by atoms with Gasteiger partial charge in [0.05, 0.1) is 5.92 Å². The molecule has 2 bridgehead atoms. The minimum atomic E-state index is -0.248. The number of carbonyl (C=O) groups excluding carboxylic acids is 2. The normalized spacial score (nSPS) is 23.8. The highest BCUT2D eigenvalue weighted by atomic mass is 19.1. The van der Waals surface area contributed by atoms with Crippen LogP contribution in [0.15, 0.2) is 24.3 Å². The predicted molar refractivity (Wildman–Crippen MR) is 84.4 cm³/mol. The lowest BCUT2D eigenvalue weighted by Gasteiger charge is -2.32. The first-order valence-corrected chi connectivity index (χ1v) is 8.09. The second-order valence-corrected chi connectivity index (χ2v) is 6.36. The number of likely N-dealkylation sites (N-methyl/N-ethyl adjacent to an activating group) is 1. The summed E-state index contributed by atoms with van der Waals surface area (Å²) in [4.78, 5) is 28.0. The quantitative estimate of drug-likeness (QED) is 0.921. The monoisotopic (exact) mass is 319 g/mol. The summed E-state index contributed by atoms with van der Waals surface area (Å²) < 4.78 is 13.6. The zero-order valence-corrected chi connectivity index (χ0v) is 13.3. The number of nitrogens with one attached hydrogen (secondary N) is 1. The van der Waals surface area contributed by atoms with Crippen LogP contribution >= 0.6 is 0 Å². The summed E-state index contributed by atoms with van der Waals surface area (Å²) in [6, 6.07) is 6.53. The fourth-order valence-electron chi connectivity index (χ4n) is 3.44. The molecule has 2 atom stereocenters. The molecule has 0 saturated carbocycles. The molecule has 0 radical (unpaired) electrons. The number of benzene rings is 1. The third-order valence-electron chi connectivity index (χ3n) is 4.88. The molecular formula is C17H22FN3O2. The number of urea groups is 1. The van der Waals surface area contributed by atoms with Crippen LogP contribution in [0.4, 0.5) is 9.18 Å². The molecule has 0 unspecified atom stereocenters. The van der Waals surface area contributed by atoms with Crippen molar-refractivity contribution in [1.29, 1.82) is 0 Å². The predicted octanol–water partition coefficient (Wildman–Crippen LogP) is 1.63. The van der Waals surface area contributed by atoms with Crippen molar-refractivity contribution in [2.45, 2.75) is 25.3 Å². The molecule has 3 saturated heterocycles. The molecule has 124 valence electrons. The van der Waals surface area contributed by atoms with Gasteiger partial charge in [-0.25, -0.2) is 9.18 Å². The van der Waals surface area contributed by atoms with Gasteiger partial charge >= 0.3 is 6.03 Å². The number of fused-ring (bicyclic) bond motifs is 4. The molecule has 3 heterocycles. The van der Waals surface area contributed by atoms with Gasteiger partial charge in [-0.1, -0.05) is 18.2 Å². The molecular weight excluding hydrogens is 297 g/mol. The number of piperidine rings is 1. The van der Waals surface area contributed by atoms with Crippen LogP contribution in [0, 0.1) is 11.7 Å². The Morgan fingerprint density at radius 3 is 2.87 bits per heavy atom. The van der Waals surface area contributed by atoms with Crippen molar-refractivity contribution in [2.75, 3.05) is 26.7 Å². The smallest absolute Gasteiger partial charge is 0.317 e. The molecule has 1 aromatic carbocycles. The van der Waals surface area contributed by atoms with E-state index in [9.17, 15) is 14.0 Å². The molecule has 5 nitrogen and oxygen atoms in total. The van der Waals surface area contributed by atoms with Gasteiger partial charge in [0.2, 0.25) is 5.91 Å². The standard InChI is InChI=1S/C17H22FN3O2/c1-20-14-7-6-13(16(20)22)10-21(11-14)17(23)19-9-8-12-4-2-3-5-15(12)18/h2-5,13-14H,6-11H2,1H3,(H,19,23)/t13-,14+/m0/s1. The SMILES string of the molecule is CN1C(=O)[C@H]2CC[C@@H]1CN(C(=O)NCCc1ccccc1F)C2. The lowest BCUT2D eigenvalue weighted by atomic mass is 9.95. The Balaban J connectivity index is 1.55. The van der Waals surface area contributed by atoms with E-state index in [0.29, 0.717) is 31.6 Å². The van der Waals surface area contributed by atoms with Gasteiger partial charge in [-0.15, -0.1) is 0 Å². The highest BCUT2D eigenvalue weighted by molar-refractivity contribution is 5.82. The van der Waals surface area contributed by atoms with Crippen molar-refractivity contribution < 1.29 is 14.0 Å². The first-order valence-electron chi connectivity index (χ1n) is 8.09. The summed E-state index contributed by atoms with van der Waals surface area (Å²) in [6.45, 7) is 1.44. The number of nitrogens with zero attached hydrogens (tertiary/aromatic N) is 2. The fraction of sp³-hybridized carbons (Fsp3) is 0.529. The maximum Gasteiger partial charge on any atom is 0.317 e. The van der Waals surface area contributed by atoms with Crippen LogP contribution < -0.4 is 5.32 Å². The topological polar surface area (TPSA) is 52.7 Å². The number of carbonyl (C=O) groups is 2. The summed E-state index contributed by atoms with van der Waals surface area (Å²) in [5.41, 5.74) is 0.596. The number of hydrogen-bond acceptors (Lipinski definition) is 2. The van der Waals surface area contributed by atoms with Gasteiger partial charge < -0.3 is 15.1 Å². The fourth-order valence-corrected chi connectivity index (χ4v) is 3.44. The second kappa shape index (κ2) is 6.56. The van der Waals surface area contributed by atoms with Crippen LogP contribution in [0.25, 0.3) is 0 Å². The largest absolute Gasteiger partial charge is 0.341 e. The minimum absolute atomic E-state index is 0.0870. The molecule has 3 fully saturated rings. The van der Waals surface area contributed by atoms with E-state index in [1.54, 1.807) is 28.0 Å². The summed E-state index contributed by atoms with van der Waals surface area (Å²) in [7, 11) is 1.82. The molecule has 23 heavy (non-hydrogen) atoms. The van der Waals surface area contributed by atoms with Crippen molar-refractivity contribution in [3.8, 4) is 0 Å². The molecule has 0 spiro atoms. The Labute approximate surface area is 135 Å². The van der Waals surface area contributed by atoms with Crippen molar-refractivity contribution in [3.63, 3.8) is 0 Å². The Morgan fingerprint density at radius 2 is 2.09 bits per heavy atom. The molecule has 3 amide bonds. The van der Waals surface area contributed by atoms with E-state index >= 15 is 0 Å². The van der Waals surface area contributed by atoms with Gasteiger partial charge in [-0.05, 0) is 30.9 Å². The van der Waals surface area contributed by atoms with Crippen molar-refractivity contribution >= 4 is 11.9 Å². The van der Waals surface area contributed by atoms with Gasteiger partial charge in [-0.3, -0.25) is 4.79 Å². The van der Waals surface area contributed by atoms with Gasteiger partial charge in [0.15, 0.2) is 0 Å². The molecule has 3 aliphatic heterocycles. The van der Waals surface area contributed by atoms with E-state index in [2.05, 4.69) is 5.32 Å². The van der Waals surface area contributed by atoms with E-state index in [1.807, 2.05) is 7.05 Å². The number of halogens is 1. The highest BCUT2D eigenvalue weighted by Crippen LogP contribution is 2.27. The van der Waals surface area contributed by atoms with Gasteiger partial charge in [0, 0.05) is 32.7 Å². The molecule has 0 aliphatic carbocycles. The Bertz CT molecular complexity index is 607. The van der Waals surface area contributed by atoms with Crippen LogP contribution in [0.2, 0.25) is 0 Å². The van der Waals surface area contributed by atoms with Crippen molar-refractivity contribution in [1.82, 2.24) is 15.1 Å². The number of hydrogen-bond donors (Lipinski definition) is 1. The van der Waals surface area contributed by atoms with E-state index in [1.165, 1.54) is 6.07 Å². The molecule has 3 aliphatic rings. The molecule has 0 aromatic heterocycles. The van der Waals surface area contributed by atoms with Gasteiger partial charge in [0.1, 0.15) is 5.82 Å². The maximum atomic E-state index is 13.6. The third-order valence-corrected chi connectivity index (χ3v) is 4.88. The van der Waals surface area contributed by atoms with Crippen LogP contribution in [0.3, 0.4) is 0 Å². The van der Waals surface area contributed by atoms with Crippen LogP contribution in [0.1, 0.15) is 18.4 Å². The second-order valence-electron chi connectivity index (χ2n) is 6.36. The van der Waals surface area contributed by atoms with Crippen LogP contribution in [-0.4, -0.2) is 54.5 Å². The molecule has 4 rings (SSSR count). The summed E-state index contributed by atoms with van der Waals surface area (Å²) in [5.74, 6) is -0.194. The summed E-state index contributed by atoms with van der Waals surface area (Å²) >= 11 is 0. The lowest BCUT2D eigenvalue weighted by molar-refractivity contribution is -0.138. The minimum Gasteiger partial charge on any atom is -0.341 e. The van der Waals surface area contributed by atoms with E-state index in [0.717, 1.165) is 12.8 Å². The lowest BCUT2D eigenvalue weighted by Crippen LogP contribution is -2.46. The van der Waals surface area contributed by atoms with E-state index in [-0.39, 0.29) is 29.7 Å². The van der Waals surface area contributed by atoms with Gasteiger partial charge in [0.25, 0.3) is 0 Å². The first kappa shape index (κ1) is 15.8. The Hall–Kier alpha value is -2.11. The van der Waals surface area contributed by atoms with Crippen LogP contribution in [0.5, 0.6) is 0 Å². The third kappa shape index (κ3) is 3.30. The van der Waals surface area contributed by atoms with E-state index in [4.69, 9.17) is 0 Å². The average Bonchev–Trinajstić information content (AvgIpc) is 2.83. The first-order chi connectivity index (χ1) is 11.1. The maximum absolute atomic E-state index is 13.6. The zero-order chi connectivity index (χ0) is 16.4. The zero-order valence-electron chi connectivity index (χ0n) is 13.3. The van der Waals surface area contributed by atoms with Crippen LogP contribution in [-0.2, 0) is 11.2 Å². The Kier molecular flexibility index (Phi) is 4.50. The Morgan fingerprint density at radius 1 is 1.30 bits per heavy atom. The van der Waals surface area contributed by atoms with Gasteiger partial charge in [-0.2, -0.15) is 0 Å². The van der Waals surface area contributed by atoms with Crippen molar-refractivity contribution in [3.05, 3.63) is 35.6 Å². The van der Waals surface area contributed by atoms with E-state index < -0.39 is 0 Å². The van der Waals surface area contributed by atoms with Crippen molar-refractivity contribution in [2.24, 2.45) is 5.92 Å². The highest BCUT2D eigenvalue weighted by Gasteiger charge is 2.40. The molecule has 6 heteroatoms. The number of amides is 3. The molecule has 1 aromatic rings. The summed E-state index contributed by atoms with van der Waals surface area (Å²) in [6.07, 6.45) is 2.26.